The topological polar surface area (TPSA) is 66.1 Å². The van der Waals surface area contributed by atoms with Crippen LogP contribution in [0.5, 0.6) is 0 Å². The van der Waals surface area contributed by atoms with Gasteiger partial charge in [0, 0.05) is 51.6 Å². The van der Waals surface area contributed by atoms with Gasteiger partial charge in [-0.2, -0.15) is 0 Å². The Morgan fingerprint density at radius 1 is 1.22 bits per heavy atom. The molecule has 6 nitrogen and oxygen atoms in total. The Morgan fingerprint density at radius 2 is 1.89 bits per heavy atom. The van der Waals surface area contributed by atoms with Crippen LogP contribution in [-0.4, -0.2) is 63.3 Å². The number of halogens is 1. The van der Waals surface area contributed by atoms with Gasteiger partial charge in [0.15, 0.2) is 5.96 Å². The van der Waals surface area contributed by atoms with Crippen molar-refractivity contribution in [2.24, 2.45) is 16.6 Å². The second-order valence-corrected chi connectivity index (χ2v) is 7.60. The molecule has 1 aliphatic carbocycles. The number of nitrogens with one attached hydrogen (secondary N) is 1. The predicted octanol–water partition coefficient (Wildman–Crippen LogP) is 2.28. The zero-order valence-corrected chi connectivity index (χ0v) is 18.9. The maximum Gasteiger partial charge on any atom is 0.189 e. The third kappa shape index (κ3) is 7.46. The molecule has 152 valence electrons. The molecular formula is C20H34IN5O. The minimum atomic E-state index is 0. The first-order valence-corrected chi connectivity index (χ1v) is 9.75. The number of guanidine groups is 1. The van der Waals surface area contributed by atoms with Crippen LogP contribution in [0.25, 0.3) is 0 Å². The predicted molar refractivity (Wildman–Crippen MR) is 123 cm³/mol. The van der Waals surface area contributed by atoms with Crippen molar-refractivity contribution in [2.75, 3.05) is 51.3 Å². The number of aliphatic imine (C=N–C) groups is 1. The normalized spacial score (nSPS) is 19.5. The van der Waals surface area contributed by atoms with Gasteiger partial charge in [-0.3, -0.25) is 4.90 Å². The molecule has 1 aromatic carbocycles. The Morgan fingerprint density at radius 3 is 2.48 bits per heavy atom. The first-order chi connectivity index (χ1) is 12.6. The third-order valence-electron chi connectivity index (χ3n) is 5.13. The molecule has 3 rings (SSSR count). The summed E-state index contributed by atoms with van der Waals surface area (Å²) >= 11 is 0. The number of anilines is 1. The first-order valence-electron chi connectivity index (χ1n) is 9.75. The van der Waals surface area contributed by atoms with Gasteiger partial charge < -0.3 is 20.7 Å². The van der Waals surface area contributed by atoms with Gasteiger partial charge in [0.1, 0.15) is 0 Å². The molecule has 1 saturated heterocycles. The fourth-order valence-electron chi connectivity index (χ4n) is 3.43. The Kier molecular flexibility index (Phi) is 9.11. The highest BCUT2D eigenvalue weighted by atomic mass is 127. The van der Waals surface area contributed by atoms with Crippen LogP contribution < -0.4 is 16.0 Å². The molecule has 0 spiro atoms. The van der Waals surface area contributed by atoms with Crippen molar-refractivity contribution in [3.05, 3.63) is 29.8 Å². The second-order valence-electron chi connectivity index (χ2n) is 7.60. The first kappa shape index (κ1) is 22.2. The van der Waals surface area contributed by atoms with Gasteiger partial charge in [0.25, 0.3) is 0 Å². The number of ether oxygens (including phenoxy) is 1. The van der Waals surface area contributed by atoms with Crippen LogP contribution in [0.15, 0.2) is 29.3 Å². The van der Waals surface area contributed by atoms with Crippen LogP contribution in [-0.2, 0) is 11.3 Å². The summed E-state index contributed by atoms with van der Waals surface area (Å²) in [6.45, 7) is 9.15. The summed E-state index contributed by atoms with van der Waals surface area (Å²) in [7, 11) is 1.68. The number of piperazine rings is 1. The summed E-state index contributed by atoms with van der Waals surface area (Å²) in [5.74, 6) is 1.45. The number of methoxy groups -OCH3 is 1. The van der Waals surface area contributed by atoms with Crippen molar-refractivity contribution in [3.63, 3.8) is 0 Å². The molecule has 27 heavy (non-hydrogen) atoms. The fraction of sp³-hybridized carbons (Fsp3) is 0.650. The molecule has 1 atom stereocenters. The van der Waals surface area contributed by atoms with Crippen LogP contribution in [0, 0.1) is 5.92 Å². The Labute approximate surface area is 180 Å². The lowest BCUT2D eigenvalue weighted by Crippen LogP contribution is -2.47. The standard InChI is InChI=1S/C20H33N5O.HI/c1-16(15-26-2)23-20(21)22-13-17-5-7-19(8-6-17)25-11-9-24(10-12-25)14-18-3-4-18;/h5-8,16,18H,3-4,9-15H2,1-2H3,(H3,21,22,23);1H. The highest BCUT2D eigenvalue weighted by Gasteiger charge is 2.26. The molecule has 0 aromatic heterocycles. The summed E-state index contributed by atoms with van der Waals surface area (Å²) in [5, 5.41) is 3.13. The minimum Gasteiger partial charge on any atom is -0.383 e. The Hall–Kier alpha value is -1.06. The molecular weight excluding hydrogens is 453 g/mol. The van der Waals surface area contributed by atoms with Gasteiger partial charge >= 0.3 is 0 Å². The van der Waals surface area contributed by atoms with E-state index >= 15 is 0 Å². The molecule has 1 aromatic rings. The largest absolute Gasteiger partial charge is 0.383 e. The van der Waals surface area contributed by atoms with Gasteiger partial charge in [0.05, 0.1) is 13.2 Å². The van der Waals surface area contributed by atoms with E-state index in [1.54, 1.807) is 7.11 Å². The number of hydrogen-bond donors (Lipinski definition) is 2. The number of hydrogen-bond acceptors (Lipinski definition) is 4. The highest BCUT2D eigenvalue weighted by Crippen LogP contribution is 2.30. The lowest BCUT2D eigenvalue weighted by atomic mass is 10.1. The summed E-state index contributed by atoms with van der Waals surface area (Å²) in [6.07, 6.45) is 2.88. The quantitative estimate of drug-likeness (QED) is 0.335. The van der Waals surface area contributed by atoms with Gasteiger partial charge in [-0.05, 0) is 43.4 Å². The zero-order valence-electron chi connectivity index (χ0n) is 16.6. The van der Waals surface area contributed by atoms with Crippen LogP contribution >= 0.6 is 24.0 Å². The van der Waals surface area contributed by atoms with E-state index < -0.39 is 0 Å². The summed E-state index contributed by atoms with van der Waals surface area (Å²) in [4.78, 5) is 9.52. The SMILES string of the molecule is COCC(C)NC(N)=NCc1ccc(N2CCN(CC3CC3)CC2)cc1.I. The van der Waals surface area contributed by atoms with Gasteiger partial charge in [-0.25, -0.2) is 4.99 Å². The summed E-state index contributed by atoms with van der Waals surface area (Å²) in [5.41, 5.74) is 8.40. The van der Waals surface area contributed by atoms with E-state index in [2.05, 4.69) is 44.4 Å². The molecule has 1 heterocycles. The average Bonchev–Trinajstić information content (AvgIpc) is 3.45. The van der Waals surface area contributed by atoms with E-state index in [1.165, 1.54) is 43.7 Å². The summed E-state index contributed by atoms with van der Waals surface area (Å²) < 4.78 is 5.09. The molecule has 0 amide bonds. The molecule has 1 saturated carbocycles. The van der Waals surface area contributed by atoms with Crippen molar-refractivity contribution < 1.29 is 4.74 Å². The number of nitrogens with zero attached hydrogens (tertiary/aromatic N) is 3. The third-order valence-corrected chi connectivity index (χ3v) is 5.13. The van der Waals surface area contributed by atoms with E-state index in [-0.39, 0.29) is 30.0 Å². The smallest absolute Gasteiger partial charge is 0.189 e. The van der Waals surface area contributed by atoms with Crippen LogP contribution in [0.4, 0.5) is 5.69 Å². The lowest BCUT2D eigenvalue weighted by molar-refractivity contribution is 0.179. The van der Waals surface area contributed by atoms with Crippen molar-refractivity contribution >= 4 is 35.6 Å². The molecule has 7 heteroatoms. The maximum atomic E-state index is 5.92. The van der Waals surface area contributed by atoms with Crippen LogP contribution in [0.3, 0.4) is 0 Å². The monoisotopic (exact) mass is 487 g/mol. The lowest BCUT2D eigenvalue weighted by Gasteiger charge is -2.36. The fourth-order valence-corrected chi connectivity index (χ4v) is 3.43. The molecule has 1 unspecified atom stereocenters. The van der Waals surface area contributed by atoms with E-state index in [0.29, 0.717) is 19.1 Å². The van der Waals surface area contributed by atoms with Crippen LogP contribution in [0.1, 0.15) is 25.3 Å². The van der Waals surface area contributed by atoms with Gasteiger partial charge in [-0.15, -0.1) is 24.0 Å². The molecule has 2 fully saturated rings. The van der Waals surface area contributed by atoms with E-state index in [1.807, 2.05) is 6.92 Å². The molecule has 0 radical (unpaired) electrons. The number of nitrogens with two attached hydrogens (primary N) is 1. The van der Waals surface area contributed by atoms with E-state index in [0.717, 1.165) is 19.0 Å². The molecule has 0 bridgehead atoms. The van der Waals surface area contributed by atoms with Crippen molar-refractivity contribution in [2.45, 2.75) is 32.4 Å². The number of benzene rings is 1. The Balaban J connectivity index is 0.00000261. The highest BCUT2D eigenvalue weighted by molar-refractivity contribution is 14.0. The molecule has 1 aliphatic heterocycles. The van der Waals surface area contributed by atoms with Gasteiger partial charge in [0.2, 0.25) is 0 Å². The zero-order chi connectivity index (χ0) is 18.4. The van der Waals surface area contributed by atoms with Crippen molar-refractivity contribution in [1.82, 2.24) is 10.2 Å². The molecule has 3 N–H and O–H groups in total. The van der Waals surface area contributed by atoms with Crippen molar-refractivity contribution in [3.8, 4) is 0 Å². The average molecular weight is 487 g/mol. The van der Waals surface area contributed by atoms with Crippen molar-refractivity contribution in [1.29, 1.82) is 0 Å². The summed E-state index contributed by atoms with van der Waals surface area (Å²) in [6, 6.07) is 8.88. The van der Waals surface area contributed by atoms with E-state index in [4.69, 9.17) is 10.5 Å². The van der Waals surface area contributed by atoms with Gasteiger partial charge in [-0.1, -0.05) is 12.1 Å². The number of rotatable bonds is 8. The maximum absolute atomic E-state index is 5.92. The Bertz CT molecular complexity index is 583. The van der Waals surface area contributed by atoms with Crippen LogP contribution in [0.2, 0.25) is 0 Å². The second kappa shape index (κ2) is 11.1. The van der Waals surface area contributed by atoms with E-state index in [9.17, 15) is 0 Å². The molecule has 2 aliphatic rings. The minimum absolute atomic E-state index is 0.